The van der Waals surface area contributed by atoms with E-state index in [2.05, 4.69) is 12.1 Å². The van der Waals surface area contributed by atoms with Crippen molar-refractivity contribution in [1.82, 2.24) is 0 Å². The lowest BCUT2D eigenvalue weighted by Crippen LogP contribution is -2.01. The molecular weight excluding hydrogens is 232 g/mol. The highest BCUT2D eigenvalue weighted by atomic mass is 32.2. The minimum absolute atomic E-state index is 0.371. The number of carbonyl (C=O) groups excluding carboxylic acids is 1. The van der Waals surface area contributed by atoms with Gasteiger partial charge in [-0.3, -0.25) is 4.79 Å². The van der Waals surface area contributed by atoms with Gasteiger partial charge in [-0.2, -0.15) is 11.8 Å². The van der Waals surface area contributed by atoms with E-state index in [0.717, 1.165) is 31.0 Å². The fourth-order valence-corrected chi connectivity index (χ4v) is 2.45. The maximum Gasteiger partial charge on any atom is 0.134 e. The third-order valence-corrected chi connectivity index (χ3v) is 3.64. The standard InChI is InChI=1S/C14H18O2S/c1-17-9-7-13(15)4-2-11-3-5-14-12(10-11)6-8-16-14/h3,5,10H,2,4,6-9H2,1H3. The summed E-state index contributed by atoms with van der Waals surface area (Å²) in [6.45, 7) is 0.797. The summed E-state index contributed by atoms with van der Waals surface area (Å²) in [5.74, 6) is 2.33. The molecule has 0 saturated carbocycles. The van der Waals surface area contributed by atoms with Gasteiger partial charge in [0, 0.05) is 19.3 Å². The Morgan fingerprint density at radius 2 is 2.29 bits per heavy atom. The summed E-state index contributed by atoms with van der Waals surface area (Å²) in [4.78, 5) is 11.6. The lowest BCUT2D eigenvalue weighted by Gasteiger charge is -2.04. The minimum Gasteiger partial charge on any atom is -0.493 e. The van der Waals surface area contributed by atoms with Crippen LogP contribution < -0.4 is 4.74 Å². The number of hydrogen-bond acceptors (Lipinski definition) is 3. The molecule has 2 rings (SSSR count). The Hall–Kier alpha value is -0.960. The second-order valence-electron chi connectivity index (χ2n) is 4.32. The maximum atomic E-state index is 11.6. The monoisotopic (exact) mass is 250 g/mol. The van der Waals surface area contributed by atoms with Crippen LogP contribution in [0.15, 0.2) is 18.2 Å². The van der Waals surface area contributed by atoms with Crippen molar-refractivity contribution in [1.29, 1.82) is 0 Å². The van der Waals surface area contributed by atoms with Crippen LogP contribution >= 0.6 is 11.8 Å². The zero-order valence-electron chi connectivity index (χ0n) is 10.2. The lowest BCUT2D eigenvalue weighted by atomic mass is 10.0. The van der Waals surface area contributed by atoms with Crippen LogP contribution in [0.3, 0.4) is 0 Å². The Morgan fingerprint density at radius 3 is 3.12 bits per heavy atom. The van der Waals surface area contributed by atoms with Crippen LogP contribution in [0.25, 0.3) is 0 Å². The molecular formula is C14H18O2S. The number of aryl methyl sites for hydroxylation is 1. The van der Waals surface area contributed by atoms with Crippen LogP contribution in [-0.4, -0.2) is 24.4 Å². The number of rotatable bonds is 6. The minimum atomic E-state index is 0.371. The molecule has 17 heavy (non-hydrogen) atoms. The fourth-order valence-electron chi connectivity index (χ4n) is 2.02. The van der Waals surface area contributed by atoms with Crippen molar-refractivity contribution in [2.45, 2.75) is 25.7 Å². The van der Waals surface area contributed by atoms with E-state index >= 15 is 0 Å². The first-order chi connectivity index (χ1) is 8.29. The smallest absolute Gasteiger partial charge is 0.134 e. The van der Waals surface area contributed by atoms with Crippen molar-refractivity contribution in [3.63, 3.8) is 0 Å². The second-order valence-corrected chi connectivity index (χ2v) is 5.31. The Kier molecular flexibility index (Phi) is 4.49. The molecule has 92 valence electrons. The molecule has 0 fully saturated rings. The van der Waals surface area contributed by atoms with Crippen LogP contribution in [0.5, 0.6) is 5.75 Å². The Bertz CT molecular complexity index is 401. The van der Waals surface area contributed by atoms with Gasteiger partial charge in [0.15, 0.2) is 0 Å². The average Bonchev–Trinajstić information content (AvgIpc) is 2.81. The van der Waals surface area contributed by atoms with Crippen molar-refractivity contribution >= 4 is 17.5 Å². The lowest BCUT2D eigenvalue weighted by molar-refractivity contribution is -0.118. The van der Waals surface area contributed by atoms with Crippen LogP contribution in [-0.2, 0) is 17.6 Å². The molecule has 0 unspecified atom stereocenters. The predicted octanol–water partition coefficient (Wildman–Crippen LogP) is 2.88. The van der Waals surface area contributed by atoms with E-state index in [1.165, 1.54) is 11.1 Å². The molecule has 0 aliphatic carbocycles. The summed E-state index contributed by atoms with van der Waals surface area (Å²) >= 11 is 1.73. The molecule has 1 aliphatic rings. The van der Waals surface area contributed by atoms with Crippen molar-refractivity contribution in [2.24, 2.45) is 0 Å². The zero-order chi connectivity index (χ0) is 12.1. The van der Waals surface area contributed by atoms with Crippen LogP contribution in [0.4, 0.5) is 0 Å². The van der Waals surface area contributed by atoms with Crippen molar-refractivity contribution in [3.8, 4) is 5.75 Å². The third kappa shape index (κ3) is 3.50. The van der Waals surface area contributed by atoms with E-state index in [1.54, 1.807) is 11.8 Å². The largest absolute Gasteiger partial charge is 0.493 e. The number of fused-ring (bicyclic) bond motifs is 1. The number of ketones is 1. The molecule has 0 radical (unpaired) electrons. The topological polar surface area (TPSA) is 26.3 Å². The molecule has 0 bridgehead atoms. The molecule has 1 aliphatic heterocycles. The third-order valence-electron chi connectivity index (χ3n) is 3.03. The molecule has 2 nitrogen and oxygen atoms in total. The van der Waals surface area contributed by atoms with Crippen LogP contribution in [0.1, 0.15) is 24.0 Å². The van der Waals surface area contributed by atoms with Crippen LogP contribution in [0.2, 0.25) is 0 Å². The summed E-state index contributed by atoms with van der Waals surface area (Å²) in [5.41, 5.74) is 2.55. The Morgan fingerprint density at radius 1 is 1.41 bits per heavy atom. The van der Waals surface area contributed by atoms with Gasteiger partial charge in [0.1, 0.15) is 11.5 Å². The van der Waals surface area contributed by atoms with Crippen molar-refractivity contribution in [3.05, 3.63) is 29.3 Å². The molecule has 1 heterocycles. The van der Waals surface area contributed by atoms with Gasteiger partial charge in [-0.15, -0.1) is 0 Å². The van der Waals surface area contributed by atoms with Crippen LogP contribution in [0, 0.1) is 0 Å². The van der Waals surface area contributed by atoms with Gasteiger partial charge < -0.3 is 4.74 Å². The van der Waals surface area contributed by atoms with Gasteiger partial charge in [-0.05, 0) is 35.6 Å². The number of hydrogen-bond donors (Lipinski definition) is 0. The molecule has 0 saturated heterocycles. The Balaban J connectivity index is 1.85. The highest BCUT2D eigenvalue weighted by Gasteiger charge is 2.12. The quantitative estimate of drug-likeness (QED) is 0.776. The molecule has 1 aromatic carbocycles. The van der Waals surface area contributed by atoms with Gasteiger partial charge in [-0.1, -0.05) is 12.1 Å². The molecule has 0 aromatic heterocycles. The van der Waals surface area contributed by atoms with E-state index in [4.69, 9.17) is 4.74 Å². The highest BCUT2D eigenvalue weighted by molar-refractivity contribution is 7.98. The first-order valence-corrected chi connectivity index (χ1v) is 7.44. The predicted molar refractivity (Wildman–Crippen MR) is 72.0 cm³/mol. The zero-order valence-corrected chi connectivity index (χ0v) is 11.0. The van der Waals surface area contributed by atoms with Gasteiger partial charge in [0.05, 0.1) is 6.61 Å². The van der Waals surface area contributed by atoms with E-state index in [0.29, 0.717) is 18.6 Å². The summed E-state index contributed by atoms with van der Waals surface area (Å²) in [6.07, 6.45) is 5.27. The second kappa shape index (κ2) is 6.10. The molecule has 0 spiro atoms. The SMILES string of the molecule is CSCCC(=O)CCc1ccc2c(c1)CCO2. The number of carbonyl (C=O) groups is 1. The number of ether oxygens (including phenoxy) is 1. The maximum absolute atomic E-state index is 11.6. The van der Waals surface area contributed by atoms with E-state index in [-0.39, 0.29) is 0 Å². The molecule has 0 N–H and O–H groups in total. The number of Topliss-reactive ketones (excluding diaryl/α,β-unsaturated/α-hetero) is 1. The normalized spacial score (nSPS) is 13.2. The van der Waals surface area contributed by atoms with Gasteiger partial charge in [0.2, 0.25) is 0 Å². The van der Waals surface area contributed by atoms with E-state index in [9.17, 15) is 4.79 Å². The first-order valence-electron chi connectivity index (χ1n) is 6.05. The summed E-state index contributed by atoms with van der Waals surface area (Å²) in [7, 11) is 0. The van der Waals surface area contributed by atoms with Gasteiger partial charge >= 0.3 is 0 Å². The van der Waals surface area contributed by atoms with Crippen molar-refractivity contribution < 1.29 is 9.53 Å². The fraction of sp³-hybridized carbons (Fsp3) is 0.500. The number of benzene rings is 1. The first kappa shape index (κ1) is 12.5. The summed E-state index contributed by atoms with van der Waals surface area (Å²) in [5, 5.41) is 0. The average molecular weight is 250 g/mol. The summed E-state index contributed by atoms with van der Waals surface area (Å²) in [6, 6.07) is 6.29. The molecule has 0 atom stereocenters. The molecule has 0 amide bonds. The Labute approximate surface area is 107 Å². The van der Waals surface area contributed by atoms with Gasteiger partial charge in [-0.25, -0.2) is 0 Å². The van der Waals surface area contributed by atoms with Crippen molar-refractivity contribution in [2.75, 3.05) is 18.6 Å². The van der Waals surface area contributed by atoms with E-state index in [1.807, 2.05) is 12.3 Å². The van der Waals surface area contributed by atoms with E-state index < -0.39 is 0 Å². The molecule has 3 heteroatoms. The highest BCUT2D eigenvalue weighted by Crippen LogP contribution is 2.26. The van der Waals surface area contributed by atoms with Gasteiger partial charge in [0.25, 0.3) is 0 Å². The number of thioether (sulfide) groups is 1. The summed E-state index contributed by atoms with van der Waals surface area (Å²) < 4.78 is 5.46. The molecule has 1 aromatic rings.